The highest BCUT2D eigenvalue weighted by Crippen LogP contribution is 2.44. The lowest BCUT2D eigenvalue weighted by atomic mass is 9.95. The summed E-state index contributed by atoms with van der Waals surface area (Å²) in [5, 5.41) is 8.18. The van der Waals surface area contributed by atoms with Gasteiger partial charge in [0.15, 0.2) is 0 Å². The Bertz CT molecular complexity index is 3050. The molecule has 3 nitrogen and oxygen atoms in total. The molecule has 1 aliphatic carbocycles. The van der Waals surface area contributed by atoms with E-state index in [1.54, 1.807) is 0 Å². The molecule has 53 heavy (non-hydrogen) atoms. The second-order valence-electron chi connectivity index (χ2n) is 14.0. The highest BCUT2D eigenvalue weighted by molar-refractivity contribution is 6.20. The first-order valence-corrected chi connectivity index (χ1v) is 18.3. The quantitative estimate of drug-likeness (QED) is 0.181. The van der Waals surface area contributed by atoms with E-state index >= 15 is 0 Å². The third-order valence-corrected chi connectivity index (χ3v) is 10.9. The number of furan rings is 2. The third-order valence-electron chi connectivity index (χ3n) is 10.9. The van der Waals surface area contributed by atoms with Crippen molar-refractivity contribution in [2.75, 3.05) is 4.90 Å². The average Bonchev–Trinajstić information content (AvgIpc) is 3.80. The Labute approximate surface area is 306 Å². The van der Waals surface area contributed by atoms with Crippen molar-refractivity contribution in [3.05, 3.63) is 181 Å². The maximum absolute atomic E-state index is 6.85. The molecule has 11 rings (SSSR count). The van der Waals surface area contributed by atoms with Crippen molar-refractivity contribution in [3.8, 4) is 22.3 Å². The first-order chi connectivity index (χ1) is 26.3. The summed E-state index contributed by atoms with van der Waals surface area (Å²) < 4.78 is 13.1. The van der Waals surface area contributed by atoms with E-state index in [4.69, 9.17) is 8.83 Å². The topological polar surface area (TPSA) is 29.5 Å². The molecule has 0 N–H and O–H groups in total. The smallest absolute Gasteiger partial charge is 0.143 e. The predicted molar refractivity (Wildman–Crippen MR) is 221 cm³/mol. The van der Waals surface area contributed by atoms with Crippen LogP contribution < -0.4 is 4.90 Å². The van der Waals surface area contributed by atoms with Crippen LogP contribution in [0.15, 0.2) is 179 Å². The maximum atomic E-state index is 6.85. The molecule has 0 unspecified atom stereocenters. The van der Waals surface area contributed by atoms with Gasteiger partial charge in [-0.05, 0) is 100 Å². The van der Waals surface area contributed by atoms with Gasteiger partial charge in [-0.2, -0.15) is 0 Å². The third kappa shape index (κ3) is 4.82. The van der Waals surface area contributed by atoms with Crippen molar-refractivity contribution in [2.45, 2.75) is 12.8 Å². The molecule has 3 heteroatoms. The standard InChI is InChI=1S/C50H33NO2/c1-2-12-33(13-3-1)44-31-46-43-19-10-18-39(49(43)53-50(46)42-17-7-6-15-40(42)44)34-22-24-36(25-23-34)51(37-26-21-32-11-4-5-14-35(32)29-37)38-27-28-48-45(30-38)41-16-8-9-20-47(41)52-48/h1-7,9-15,17-31H,8,16H2. The molecule has 0 saturated carbocycles. The molecule has 0 bridgehead atoms. The number of hydrogen-bond donors (Lipinski definition) is 0. The number of fused-ring (bicyclic) bond motifs is 9. The Kier molecular flexibility index (Phi) is 6.68. The summed E-state index contributed by atoms with van der Waals surface area (Å²) in [4.78, 5) is 2.35. The zero-order valence-corrected chi connectivity index (χ0v) is 28.9. The van der Waals surface area contributed by atoms with Crippen LogP contribution in [-0.4, -0.2) is 0 Å². The number of benzene rings is 8. The zero-order valence-electron chi connectivity index (χ0n) is 28.9. The fraction of sp³-hybridized carbons (Fsp3) is 0.0400. The summed E-state index contributed by atoms with van der Waals surface area (Å²) in [5.74, 6) is 0.981. The lowest BCUT2D eigenvalue weighted by Gasteiger charge is -2.26. The van der Waals surface area contributed by atoms with Gasteiger partial charge in [0.05, 0.1) is 0 Å². The number of para-hydroxylation sites is 1. The lowest BCUT2D eigenvalue weighted by molar-refractivity contribution is 0.595. The molecule has 250 valence electrons. The summed E-state index contributed by atoms with van der Waals surface area (Å²) >= 11 is 0. The van der Waals surface area contributed by atoms with Crippen LogP contribution in [0.25, 0.3) is 82.8 Å². The summed E-state index contributed by atoms with van der Waals surface area (Å²) in [5.41, 5.74) is 11.9. The first kappa shape index (κ1) is 29.8. The molecule has 0 radical (unpaired) electrons. The molecule has 0 spiro atoms. The fourth-order valence-electron chi connectivity index (χ4n) is 8.36. The van der Waals surface area contributed by atoms with E-state index in [0.717, 1.165) is 79.7 Å². The van der Waals surface area contributed by atoms with Gasteiger partial charge >= 0.3 is 0 Å². The van der Waals surface area contributed by atoms with Gasteiger partial charge in [-0.25, -0.2) is 0 Å². The molecule has 10 aromatic rings. The largest absolute Gasteiger partial charge is 0.456 e. The minimum Gasteiger partial charge on any atom is -0.456 e. The molecule has 1 aliphatic rings. The van der Waals surface area contributed by atoms with E-state index in [0.29, 0.717) is 0 Å². The van der Waals surface area contributed by atoms with Crippen molar-refractivity contribution >= 4 is 77.6 Å². The van der Waals surface area contributed by atoms with Crippen molar-refractivity contribution < 1.29 is 8.83 Å². The highest BCUT2D eigenvalue weighted by Gasteiger charge is 2.21. The Balaban J connectivity index is 1.06. The van der Waals surface area contributed by atoms with E-state index in [1.807, 2.05) is 0 Å². The SMILES string of the molecule is C1=Cc2oc3ccc(N(c4ccc(-c5cccc6c5oc5c7ccccc7c(-c7ccccc7)cc65)cc4)c4ccc5ccccc5c4)cc3c2CC1. The molecular weight excluding hydrogens is 647 g/mol. The van der Waals surface area contributed by atoms with Crippen LogP contribution >= 0.6 is 0 Å². The van der Waals surface area contributed by atoms with Gasteiger partial charge < -0.3 is 13.7 Å². The summed E-state index contributed by atoms with van der Waals surface area (Å²) in [6, 6.07) is 58.8. The summed E-state index contributed by atoms with van der Waals surface area (Å²) in [6.45, 7) is 0. The molecule has 2 aromatic heterocycles. The van der Waals surface area contributed by atoms with Gasteiger partial charge in [0.25, 0.3) is 0 Å². The number of anilines is 3. The van der Waals surface area contributed by atoms with Gasteiger partial charge in [-0.1, -0.05) is 121 Å². The minimum absolute atomic E-state index is 0.904. The van der Waals surface area contributed by atoms with Gasteiger partial charge in [0.2, 0.25) is 0 Å². The maximum Gasteiger partial charge on any atom is 0.143 e. The second kappa shape index (κ2) is 11.9. The summed E-state index contributed by atoms with van der Waals surface area (Å²) in [7, 11) is 0. The first-order valence-electron chi connectivity index (χ1n) is 18.3. The van der Waals surface area contributed by atoms with Crippen molar-refractivity contribution in [1.29, 1.82) is 0 Å². The van der Waals surface area contributed by atoms with Crippen molar-refractivity contribution in [2.24, 2.45) is 0 Å². The van der Waals surface area contributed by atoms with E-state index in [1.165, 1.54) is 38.2 Å². The lowest BCUT2D eigenvalue weighted by Crippen LogP contribution is -2.10. The molecule has 0 amide bonds. The monoisotopic (exact) mass is 679 g/mol. The Hall–Kier alpha value is -6.84. The number of allylic oxidation sites excluding steroid dienone is 1. The van der Waals surface area contributed by atoms with Crippen LogP contribution in [0.5, 0.6) is 0 Å². The highest BCUT2D eigenvalue weighted by atomic mass is 16.3. The van der Waals surface area contributed by atoms with Gasteiger partial charge in [-0.15, -0.1) is 0 Å². The predicted octanol–water partition coefficient (Wildman–Crippen LogP) is 14.4. The second-order valence-corrected chi connectivity index (χ2v) is 14.0. The van der Waals surface area contributed by atoms with Gasteiger partial charge in [-0.3, -0.25) is 0 Å². The van der Waals surface area contributed by atoms with Gasteiger partial charge in [0, 0.05) is 49.7 Å². The van der Waals surface area contributed by atoms with E-state index in [-0.39, 0.29) is 0 Å². The van der Waals surface area contributed by atoms with Crippen LogP contribution in [0.1, 0.15) is 17.7 Å². The number of rotatable bonds is 5. The Morgan fingerprint density at radius 2 is 1.13 bits per heavy atom. The molecule has 2 heterocycles. The van der Waals surface area contributed by atoms with Crippen LogP contribution in [0.3, 0.4) is 0 Å². The fourth-order valence-corrected chi connectivity index (χ4v) is 8.36. The molecule has 0 fully saturated rings. The average molecular weight is 680 g/mol. The van der Waals surface area contributed by atoms with Crippen molar-refractivity contribution in [3.63, 3.8) is 0 Å². The van der Waals surface area contributed by atoms with Crippen LogP contribution in [0.2, 0.25) is 0 Å². The Morgan fingerprint density at radius 3 is 2.02 bits per heavy atom. The van der Waals surface area contributed by atoms with Crippen LogP contribution in [0, 0.1) is 0 Å². The molecule has 8 aromatic carbocycles. The number of hydrogen-bond acceptors (Lipinski definition) is 3. The molecular formula is C50H33NO2. The normalized spacial score (nSPS) is 12.7. The number of nitrogens with zero attached hydrogens (tertiary/aromatic N) is 1. The molecule has 0 saturated heterocycles. The van der Waals surface area contributed by atoms with E-state index in [9.17, 15) is 0 Å². The van der Waals surface area contributed by atoms with E-state index < -0.39 is 0 Å². The van der Waals surface area contributed by atoms with Gasteiger partial charge in [0.1, 0.15) is 22.5 Å². The van der Waals surface area contributed by atoms with Crippen LogP contribution in [-0.2, 0) is 6.42 Å². The Morgan fingerprint density at radius 1 is 0.434 bits per heavy atom. The van der Waals surface area contributed by atoms with E-state index in [2.05, 4.69) is 181 Å². The van der Waals surface area contributed by atoms with Crippen molar-refractivity contribution in [1.82, 2.24) is 0 Å². The summed E-state index contributed by atoms with van der Waals surface area (Å²) in [6.07, 6.45) is 6.34. The molecule has 0 atom stereocenters. The minimum atomic E-state index is 0.904. The molecule has 0 aliphatic heterocycles. The van der Waals surface area contributed by atoms with Crippen LogP contribution in [0.4, 0.5) is 17.1 Å². The zero-order chi connectivity index (χ0) is 34.9. The number of aryl methyl sites for hydroxylation is 1.